The average Bonchev–Trinajstić information content (AvgIpc) is 2.96. The summed E-state index contributed by atoms with van der Waals surface area (Å²) in [7, 11) is 2.39. The number of rotatable bonds is 1. The lowest BCUT2D eigenvalue weighted by molar-refractivity contribution is 0.482. The summed E-state index contributed by atoms with van der Waals surface area (Å²) in [5.41, 5.74) is 2.07. The number of para-hydroxylation sites is 3. The zero-order chi connectivity index (χ0) is 15.3. The first-order chi connectivity index (χ1) is 10.7. The molecule has 4 aromatic rings. The van der Waals surface area contributed by atoms with Crippen molar-refractivity contribution in [3.8, 4) is 17.1 Å². The van der Waals surface area contributed by atoms with Gasteiger partial charge in [-0.25, -0.2) is 4.98 Å². The highest BCUT2D eigenvalue weighted by Gasteiger charge is 2.18. The van der Waals surface area contributed by atoms with Gasteiger partial charge in [-0.3, -0.25) is 9.13 Å². The Bertz CT molecular complexity index is 1050. The van der Waals surface area contributed by atoms with Gasteiger partial charge in [0, 0.05) is 5.39 Å². The molecule has 0 aliphatic heterocycles. The summed E-state index contributed by atoms with van der Waals surface area (Å²) in [6, 6.07) is 14.7. The number of nitrogens with zero attached hydrogens (tertiary/aromatic N) is 2. The summed E-state index contributed by atoms with van der Waals surface area (Å²) < 4.78 is 1.44. The van der Waals surface area contributed by atoms with Gasteiger partial charge in [0.15, 0.2) is 0 Å². The van der Waals surface area contributed by atoms with Crippen molar-refractivity contribution >= 4 is 31.3 Å². The third kappa shape index (κ3) is 1.76. The molecule has 0 radical (unpaired) electrons. The van der Waals surface area contributed by atoms with Gasteiger partial charge in [0.05, 0.1) is 16.6 Å². The van der Waals surface area contributed by atoms with Crippen molar-refractivity contribution in [2.75, 3.05) is 0 Å². The fourth-order valence-corrected chi connectivity index (χ4v) is 2.99. The van der Waals surface area contributed by atoms with E-state index in [9.17, 15) is 9.90 Å². The van der Waals surface area contributed by atoms with Crippen LogP contribution in [0, 0.1) is 0 Å². The highest BCUT2D eigenvalue weighted by atomic mass is 31.0. The molecule has 22 heavy (non-hydrogen) atoms. The number of imidazole rings is 1. The first-order valence-electron chi connectivity index (χ1n) is 6.74. The maximum atomic E-state index is 12.6. The maximum Gasteiger partial charge on any atom is 0.268 e. The van der Waals surface area contributed by atoms with Crippen molar-refractivity contribution in [2.24, 2.45) is 0 Å². The van der Waals surface area contributed by atoms with E-state index in [4.69, 9.17) is 0 Å². The first kappa shape index (κ1) is 13.0. The van der Waals surface area contributed by atoms with Gasteiger partial charge in [-0.2, -0.15) is 0 Å². The van der Waals surface area contributed by atoms with Gasteiger partial charge < -0.3 is 10.1 Å². The number of pyridine rings is 1. The molecule has 0 saturated carbocycles. The van der Waals surface area contributed by atoms with E-state index in [0.29, 0.717) is 16.7 Å². The Balaban J connectivity index is 2.12. The second-order valence-corrected chi connectivity index (χ2v) is 5.53. The van der Waals surface area contributed by atoms with E-state index in [0.717, 1.165) is 11.0 Å². The molecule has 5 nitrogen and oxygen atoms in total. The number of benzene rings is 2. The molecule has 4 rings (SSSR count). The Labute approximate surface area is 127 Å². The third-order valence-electron chi connectivity index (χ3n) is 3.71. The molecule has 0 amide bonds. The third-order valence-corrected chi connectivity index (χ3v) is 4.23. The van der Waals surface area contributed by atoms with E-state index in [1.165, 1.54) is 4.34 Å². The molecule has 1 unspecified atom stereocenters. The Morgan fingerprint density at radius 2 is 1.82 bits per heavy atom. The van der Waals surface area contributed by atoms with Crippen molar-refractivity contribution in [1.29, 1.82) is 0 Å². The maximum absolute atomic E-state index is 12.6. The van der Waals surface area contributed by atoms with E-state index in [2.05, 4.69) is 19.4 Å². The number of H-pyrrole nitrogens is 1. The van der Waals surface area contributed by atoms with E-state index >= 15 is 0 Å². The minimum absolute atomic E-state index is 0.0571. The average molecular weight is 309 g/mol. The smallest absolute Gasteiger partial charge is 0.268 e. The van der Waals surface area contributed by atoms with Crippen molar-refractivity contribution in [3.63, 3.8) is 0 Å². The topological polar surface area (TPSA) is 70.9 Å². The van der Waals surface area contributed by atoms with Gasteiger partial charge in [-0.05, 0) is 33.7 Å². The summed E-state index contributed by atoms with van der Waals surface area (Å²) in [5, 5.41) is 11.2. The molecule has 0 aliphatic rings. The normalized spacial score (nSPS) is 11.3. The molecule has 1 atom stereocenters. The SMILES string of the molecule is O=c1c(-c2nc3ccccc3[nH]2)c(O)c2ccccc2n1P. The number of aromatic nitrogens is 3. The highest BCUT2D eigenvalue weighted by molar-refractivity contribution is 7.14. The largest absolute Gasteiger partial charge is 0.506 e. The molecule has 0 saturated heterocycles. The number of fused-ring (bicyclic) bond motifs is 2. The van der Waals surface area contributed by atoms with Crippen molar-refractivity contribution in [1.82, 2.24) is 14.3 Å². The van der Waals surface area contributed by atoms with E-state index in [1.54, 1.807) is 12.1 Å². The predicted molar refractivity (Wildman–Crippen MR) is 90.1 cm³/mol. The zero-order valence-electron chi connectivity index (χ0n) is 11.4. The lowest BCUT2D eigenvalue weighted by Gasteiger charge is -2.09. The summed E-state index contributed by atoms with van der Waals surface area (Å²) >= 11 is 0. The number of hydrogen-bond acceptors (Lipinski definition) is 3. The summed E-state index contributed by atoms with van der Waals surface area (Å²) in [4.78, 5) is 20.1. The number of aromatic hydroxyl groups is 1. The van der Waals surface area contributed by atoms with Crippen LogP contribution in [0.3, 0.4) is 0 Å². The monoisotopic (exact) mass is 309 g/mol. The predicted octanol–water partition coefficient (Wildman–Crippen LogP) is 2.89. The Kier molecular flexibility index (Phi) is 2.78. The van der Waals surface area contributed by atoms with E-state index < -0.39 is 0 Å². The van der Waals surface area contributed by atoms with Crippen LogP contribution in [0.25, 0.3) is 33.3 Å². The van der Waals surface area contributed by atoms with Gasteiger partial charge in [0.2, 0.25) is 0 Å². The van der Waals surface area contributed by atoms with Crippen LogP contribution in [-0.4, -0.2) is 19.4 Å². The van der Waals surface area contributed by atoms with Gasteiger partial charge >= 0.3 is 0 Å². The molecular weight excluding hydrogens is 297 g/mol. The first-order valence-corrected chi connectivity index (χ1v) is 7.25. The van der Waals surface area contributed by atoms with Crippen molar-refractivity contribution < 1.29 is 5.11 Å². The second-order valence-electron chi connectivity index (χ2n) is 5.02. The lowest BCUT2D eigenvalue weighted by Crippen LogP contribution is -2.16. The molecule has 0 aliphatic carbocycles. The van der Waals surface area contributed by atoms with Gasteiger partial charge in [-0.1, -0.05) is 24.3 Å². The van der Waals surface area contributed by atoms with Crippen LogP contribution in [0.2, 0.25) is 0 Å². The minimum Gasteiger partial charge on any atom is -0.506 e. The van der Waals surface area contributed by atoms with Crippen molar-refractivity contribution in [3.05, 3.63) is 58.9 Å². The molecule has 6 heteroatoms. The molecule has 0 fully saturated rings. The molecule has 2 aromatic heterocycles. The highest BCUT2D eigenvalue weighted by Crippen LogP contribution is 2.32. The zero-order valence-corrected chi connectivity index (χ0v) is 12.6. The summed E-state index contributed by atoms with van der Waals surface area (Å²) in [6.45, 7) is 0. The van der Waals surface area contributed by atoms with Crippen LogP contribution in [0.5, 0.6) is 5.75 Å². The molecule has 2 aromatic carbocycles. The Morgan fingerprint density at radius 1 is 1.09 bits per heavy atom. The summed E-state index contributed by atoms with van der Waals surface area (Å²) in [6.07, 6.45) is 0. The standard InChI is InChI=1S/C16H12N3O2P/c20-14-9-5-1-4-8-12(9)19(22)16(21)13(14)15-17-10-6-2-3-7-11(10)18-15/h1-8,20H,22H2,(H,17,18). The molecule has 108 valence electrons. The lowest BCUT2D eigenvalue weighted by atomic mass is 10.1. The molecule has 2 N–H and O–H groups in total. The second kappa shape index (κ2) is 4.68. The minimum atomic E-state index is -0.319. The van der Waals surface area contributed by atoms with E-state index in [-0.39, 0.29) is 16.9 Å². The van der Waals surface area contributed by atoms with Gasteiger partial charge in [0.1, 0.15) is 17.1 Å². The van der Waals surface area contributed by atoms with Crippen LogP contribution in [0.1, 0.15) is 0 Å². The quantitative estimate of drug-likeness (QED) is 0.531. The molecule has 0 bridgehead atoms. The number of hydrogen-bond donors (Lipinski definition) is 2. The van der Waals surface area contributed by atoms with Crippen LogP contribution >= 0.6 is 9.39 Å². The van der Waals surface area contributed by atoms with Gasteiger partial charge in [-0.15, -0.1) is 0 Å². The number of aromatic amines is 1. The van der Waals surface area contributed by atoms with Gasteiger partial charge in [0.25, 0.3) is 5.56 Å². The Morgan fingerprint density at radius 3 is 2.64 bits per heavy atom. The van der Waals surface area contributed by atoms with E-state index in [1.807, 2.05) is 36.4 Å². The van der Waals surface area contributed by atoms with Crippen LogP contribution in [-0.2, 0) is 0 Å². The fraction of sp³-hybridized carbons (Fsp3) is 0. The van der Waals surface area contributed by atoms with Crippen LogP contribution < -0.4 is 5.56 Å². The molecular formula is C16H12N3O2P. The number of nitrogens with one attached hydrogen (secondary N) is 1. The van der Waals surface area contributed by atoms with Crippen LogP contribution in [0.15, 0.2) is 53.3 Å². The Hall–Kier alpha value is -2.65. The molecule has 0 spiro atoms. The molecule has 2 heterocycles. The van der Waals surface area contributed by atoms with Crippen LogP contribution in [0.4, 0.5) is 0 Å². The fourth-order valence-electron chi connectivity index (χ4n) is 2.63. The van der Waals surface area contributed by atoms with Crippen molar-refractivity contribution in [2.45, 2.75) is 0 Å². The summed E-state index contributed by atoms with van der Waals surface area (Å²) in [5.74, 6) is 0.309.